The maximum absolute atomic E-state index is 12.4. The van der Waals surface area contributed by atoms with Gasteiger partial charge in [0.2, 0.25) is 5.91 Å². The summed E-state index contributed by atoms with van der Waals surface area (Å²) >= 11 is 6.07. The summed E-state index contributed by atoms with van der Waals surface area (Å²) in [6, 6.07) is 7.31. The molecular weight excluding hydrogens is 286 g/mol. The maximum atomic E-state index is 12.4. The maximum Gasteiger partial charge on any atom is 0.227 e. The number of carbonyl (C=O) groups is 1. The summed E-state index contributed by atoms with van der Waals surface area (Å²) in [5.74, 6) is 1.85. The zero-order chi connectivity index (χ0) is 14.4. The molecule has 4 nitrogen and oxygen atoms in total. The van der Waals surface area contributed by atoms with Crippen LogP contribution in [0.2, 0.25) is 5.02 Å². The van der Waals surface area contributed by atoms with Crippen molar-refractivity contribution in [3.63, 3.8) is 0 Å². The van der Waals surface area contributed by atoms with Gasteiger partial charge in [0.05, 0.1) is 11.4 Å². The van der Waals surface area contributed by atoms with Crippen LogP contribution in [0.5, 0.6) is 0 Å². The average Bonchev–Trinajstić information content (AvgIpc) is 2.92. The van der Waals surface area contributed by atoms with Crippen molar-refractivity contribution in [2.75, 3.05) is 5.32 Å². The first-order chi connectivity index (χ1) is 10.2. The van der Waals surface area contributed by atoms with E-state index < -0.39 is 0 Å². The summed E-state index contributed by atoms with van der Waals surface area (Å²) in [7, 11) is 0. The van der Waals surface area contributed by atoms with Crippen LogP contribution in [-0.2, 0) is 4.79 Å². The predicted octanol–water partition coefficient (Wildman–Crippen LogP) is 3.51. The zero-order valence-electron chi connectivity index (χ0n) is 11.5. The van der Waals surface area contributed by atoms with Crippen molar-refractivity contribution in [1.82, 2.24) is 9.78 Å². The van der Waals surface area contributed by atoms with Gasteiger partial charge in [0, 0.05) is 23.3 Å². The Morgan fingerprint density at radius 2 is 2.10 bits per heavy atom. The molecule has 1 aromatic heterocycles. The summed E-state index contributed by atoms with van der Waals surface area (Å²) in [5.41, 5.74) is 1.55. The Hall–Kier alpha value is -1.81. The summed E-state index contributed by atoms with van der Waals surface area (Å²) in [6.45, 7) is 0. The van der Waals surface area contributed by atoms with E-state index in [4.69, 9.17) is 11.6 Å². The lowest BCUT2D eigenvalue weighted by molar-refractivity contribution is -0.120. The zero-order valence-corrected chi connectivity index (χ0v) is 12.3. The number of benzene rings is 1. The number of hydrogen-bond acceptors (Lipinski definition) is 2. The smallest absolute Gasteiger partial charge is 0.227 e. The molecular formula is C16H16ClN3O. The predicted molar refractivity (Wildman–Crippen MR) is 81.5 cm³/mol. The number of hydrogen-bond donors (Lipinski definition) is 1. The fraction of sp³-hybridized carbons (Fsp3) is 0.375. The molecule has 4 rings (SSSR count). The molecule has 2 aliphatic carbocycles. The van der Waals surface area contributed by atoms with Crippen molar-refractivity contribution < 1.29 is 4.79 Å². The first kappa shape index (κ1) is 12.9. The summed E-state index contributed by atoms with van der Waals surface area (Å²) < 4.78 is 1.73. The van der Waals surface area contributed by atoms with Crippen molar-refractivity contribution in [3.05, 3.63) is 41.7 Å². The number of fused-ring (bicyclic) bond motifs is 1. The van der Waals surface area contributed by atoms with E-state index in [0.717, 1.165) is 36.1 Å². The van der Waals surface area contributed by atoms with E-state index in [2.05, 4.69) is 10.4 Å². The van der Waals surface area contributed by atoms with Gasteiger partial charge in [-0.05, 0) is 55.4 Å². The molecule has 2 atom stereocenters. The van der Waals surface area contributed by atoms with Gasteiger partial charge in [0.1, 0.15) is 0 Å². The quantitative estimate of drug-likeness (QED) is 0.943. The van der Waals surface area contributed by atoms with Gasteiger partial charge in [0.15, 0.2) is 0 Å². The number of carbonyl (C=O) groups excluding carboxylic acids is 1. The van der Waals surface area contributed by atoms with Gasteiger partial charge < -0.3 is 5.32 Å². The van der Waals surface area contributed by atoms with Crippen LogP contribution in [0.4, 0.5) is 5.69 Å². The number of rotatable bonds is 3. The molecule has 0 spiro atoms. The molecule has 1 aromatic carbocycles. The highest BCUT2D eigenvalue weighted by Crippen LogP contribution is 2.54. The molecule has 21 heavy (non-hydrogen) atoms. The molecule has 2 aliphatic rings. The summed E-state index contributed by atoms with van der Waals surface area (Å²) in [4.78, 5) is 12.4. The third-order valence-corrected chi connectivity index (χ3v) is 4.82. The molecule has 1 amide bonds. The van der Waals surface area contributed by atoms with Crippen LogP contribution in [0.15, 0.2) is 36.7 Å². The minimum atomic E-state index is 0.109. The number of amides is 1. The lowest BCUT2D eigenvalue weighted by Crippen LogP contribution is -2.22. The molecule has 1 N–H and O–H groups in total. The third-order valence-electron chi connectivity index (χ3n) is 4.58. The number of anilines is 1. The Morgan fingerprint density at radius 1 is 1.29 bits per heavy atom. The SMILES string of the molecule is O=C(Nc1cc(Cl)ccc1-n1cccn1)C1CC2CC2C1. The second-order valence-electron chi connectivity index (χ2n) is 6.03. The second kappa shape index (κ2) is 4.88. The Labute approximate surface area is 128 Å². The number of aromatic nitrogens is 2. The number of halogens is 1. The van der Waals surface area contributed by atoms with Crippen LogP contribution < -0.4 is 5.32 Å². The topological polar surface area (TPSA) is 46.9 Å². The van der Waals surface area contributed by atoms with Crippen LogP contribution in [0, 0.1) is 17.8 Å². The Morgan fingerprint density at radius 3 is 2.81 bits per heavy atom. The first-order valence-corrected chi connectivity index (χ1v) is 7.69. The highest BCUT2D eigenvalue weighted by Gasteiger charge is 2.48. The lowest BCUT2D eigenvalue weighted by atomic mass is 10.0. The van der Waals surface area contributed by atoms with E-state index in [1.54, 1.807) is 23.0 Å². The minimum Gasteiger partial charge on any atom is -0.324 e. The van der Waals surface area contributed by atoms with Crippen molar-refractivity contribution in [1.29, 1.82) is 0 Å². The van der Waals surface area contributed by atoms with Gasteiger partial charge in [-0.25, -0.2) is 4.68 Å². The van der Waals surface area contributed by atoms with E-state index in [1.807, 2.05) is 18.3 Å². The van der Waals surface area contributed by atoms with Crippen LogP contribution >= 0.6 is 11.6 Å². The second-order valence-corrected chi connectivity index (χ2v) is 6.46. The molecule has 2 saturated carbocycles. The first-order valence-electron chi connectivity index (χ1n) is 7.31. The molecule has 1 heterocycles. The van der Waals surface area contributed by atoms with Crippen molar-refractivity contribution in [2.24, 2.45) is 17.8 Å². The van der Waals surface area contributed by atoms with Crippen molar-refractivity contribution in [3.8, 4) is 5.69 Å². The Bertz CT molecular complexity index is 673. The number of nitrogens with one attached hydrogen (secondary N) is 1. The van der Waals surface area contributed by atoms with Gasteiger partial charge >= 0.3 is 0 Å². The van der Waals surface area contributed by atoms with Crippen LogP contribution in [0.25, 0.3) is 5.69 Å². The van der Waals surface area contributed by atoms with Crippen LogP contribution in [0.3, 0.4) is 0 Å². The molecule has 0 bridgehead atoms. The van der Waals surface area contributed by atoms with Gasteiger partial charge in [0.25, 0.3) is 0 Å². The highest BCUT2D eigenvalue weighted by atomic mass is 35.5. The van der Waals surface area contributed by atoms with Crippen LogP contribution in [-0.4, -0.2) is 15.7 Å². The van der Waals surface area contributed by atoms with E-state index in [1.165, 1.54) is 6.42 Å². The molecule has 0 radical (unpaired) electrons. The monoisotopic (exact) mass is 301 g/mol. The standard InChI is InChI=1S/C16H16ClN3O/c17-13-2-3-15(20-5-1-4-18-20)14(9-13)19-16(21)12-7-10-6-11(10)8-12/h1-5,9-12H,6-8H2,(H,19,21). The Kier molecular flexibility index (Phi) is 3.00. The van der Waals surface area contributed by atoms with Gasteiger partial charge in [-0.15, -0.1) is 0 Å². The Balaban J connectivity index is 1.58. The highest BCUT2D eigenvalue weighted by molar-refractivity contribution is 6.31. The average molecular weight is 302 g/mol. The van der Waals surface area contributed by atoms with E-state index in [0.29, 0.717) is 5.02 Å². The molecule has 2 fully saturated rings. The summed E-state index contributed by atoms with van der Waals surface area (Å²) in [5, 5.41) is 7.87. The van der Waals surface area contributed by atoms with Crippen molar-refractivity contribution in [2.45, 2.75) is 19.3 Å². The van der Waals surface area contributed by atoms with E-state index >= 15 is 0 Å². The summed E-state index contributed by atoms with van der Waals surface area (Å²) in [6.07, 6.45) is 6.95. The largest absolute Gasteiger partial charge is 0.324 e. The van der Waals surface area contributed by atoms with E-state index in [-0.39, 0.29) is 11.8 Å². The van der Waals surface area contributed by atoms with E-state index in [9.17, 15) is 4.79 Å². The molecule has 0 saturated heterocycles. The fourth-order valence-electron chi connectivity index (χ4n) is 3.38. The van der Waals surface area contributed by atoms with Gasteiger partial charge in [-0.2, -0.15) is 5.10 Å². The number of nitrogens with zero attached hydrogens (tertiary/aromatic N) is 2. The molecule has 5 heteroatoms. The lowest BCUT2D eigenvalue weighted by Gasteiger charge is -2.15. The fourth-order valence-corrected chi connectivity index (χ4v) is 3.56. The molecule has 0 aliphatic heterocycles. The van der Waals surface area contributed by atoms with Crippen LogP contribution in [0.1, 0.15) is 19.3 Å². The van der Waals surface area contributed by atoms with Crippen molar-refractivity contribution >= 4 is 23.2 Å². The minimum absolute atomic E-state index is 0.109. The molecule has 2 aromatic rings. The van der Waals surface area contributed by atoms with Gasteiger partial charge in [-0.3, -0.25) is 4.79 Å². The van der Waals surface area contributed by atoms with Gasteiger partial charge in [-0.1, -0.05) is 11.6 Å². The third kappa shape index (κ3) is 2.44. The normalized spacial score (nSPS) is 26.4. The molecule has 108 valence electrons. The molecule has 2 unspecified atom stereocenters.